The van der Waals surface area contributed by atoms with Gasteiger partial charge in [0.15, 0.2) is 0 Å². The van der Waals surface area contributed by atoms with E-state index in [1.807, 2.05) is 0 Å². The van der Waals surface area contributed by atoms with Gasteiger partial charge in [-0.15, -0.1) is 11.3 Å². The van der Waals surface area contributed by atoms with Gasteiger partial charge in [-0.25, -0.2) is 8.42 Å². The normalized spacial score (nSPS) is 22.2. The summed E-state index contributed by atoms with van der Waals surface area (Å²) in [5, 5.41) is 1.80. The zero-order valence-electron chi connectivity index (χ0n) is 11.5. The van der Waals surface area contributed by atoms with E-state index in [1.54, 1.807) is 15.8 Å². The van der Waals surface area contributed by atoms with Gasteiger partial charge in [0.25, 0.3) is 0 Å². The summed E-state index contributed by atoms with van der Waals surface area (Å²) in [6.07, 6.45) is 2.68. The van der Waals surface area contributed by atoms with Gasteiger partial charge in [0.05, 0.1) is 4.90 Å². The summed E-state index contributed by atoms with van der Waals surface area (Å²) in [6, 6.07) is 1.68. The highest BCUT2D eigenvalue weighted by Crippen LogP contribution is 2.30. The van der Waals surface area contributed by atoms with Gasteiger partial charge in [-0.1, -0.05) is 0 Å². The molecule has 0 unspecified atom stereocenters. The Morgan fingerprint density at radius 1 is 1.25 bits per heavy atom. The van der Waals surface area contributed by atoms with E-state index < -0.39 is 10.0 Å². The van der Waals surface area contributed by atoms with Crippen molar-refractivity contribution in [1.82, 2.24) is 9.21 Å². The Bertz CT molecular complexity index is 558. The zero-order chi connectivity index (χ0) is 14.2. The molecular weight excluding hydrogens is 294 g/mol. The van der Waals surface area contributed by atoms with Crippen molar-refractivity contribution in [1.29, 1.82) is 0 Å². The second kappa shape index (κ2) is 5.73. The van der Waals surface area contributed by atoms with Crippen molar-refractivity contribution in [2.45, 2.75) is 24.3 Å². The first-order chi connectivity index (χ1) is 9.61. The van der Waals surface area contributed by atoms with Crippen molar-refractivity contribution >= 4 is 21.4 Å². The van der Waals surface area contributed by atoms with Gasteiger partial charge < -0.3 is 10.6 Å². The lowest BCUT2D eigenvalue weighted by Gasteiger charge is -2.34. The predicted octanol–water partition coefficient (Wildman–Crippen LogP) is 0.923. The zero-order valence-corrected chi connectivity index (χ0v) is 13.1. The Morgan fingerprint density at radius 2 is 1.95 bits per heavy atom. The van der Waals surface area contributed by atoms with E-state index in [4.69, 9.17) is 5.73 Å². The number of nitrogens with zero attached hydrogens (tertiary/aromatic N) is 2. The van der Waals surface area contributed by atoms with Crippen molar-refractivity contribution < 1.29 is 8.42 Å². The number of piperazine rings is 1. The average molecular weight is 315 g/mol. The molecule has 1 aromatic rings. The van der Waals surface area contributed by atoms with Crippen LogP contribution in [0.2, 0.25) is 0 Å². The van der Waals surface area contributed by atoms with Crippen molar-refractivity contribution in [3.8, 4) is 0 Å². The van der Waals surface area contributed by atoms with E-state index in [1.165, 1.54) is 24.2 Å². The number of hydrogen-bond donors (Lipinski definition) is 1. The lowest BCUT2D eigenvalue weighted by molar-refractivity contribution is 0.182. The molecule has 1 aliphatic heterocycles. The topological polar surface area (TPSA) is 66.6 Å². The number of nitrogens with two attached hydrogens (primary N) is 1. The highest BCUT2D eigenvalue weighted by Gasteiger charge is 2.32. The van der Waals surface area contributed by atoms with Crippen molar-refractivity contribution in [2.75, 3.05) is 32.7 Å². The number of thiophene rings is 1. The Labute approximate surface area is 124 Å². The number of sulfonamides is 1. The molecule has 0 amide bonds. The molecular formula is C13H21N3O2S2. The minimum absolute atomic E-state index is 0.286. The molecule has 0 atom stereocenters. The highest BCUT2D eigenvalue weighted by molar-refractivity contribution is 7.89. The van der Waals surface area contributed by atoms with Crippen LogP contribution in [-0.4, -0.2) is 50.3 Å². The van der Waals surface area contributed by atoms with Gasteiger partial charge in [-0.3, -0.25) is 0 Å². The van der Waals surface area contributed by atoms with E-state index in [9.17, 15) is 8.42 Å². The third-order valence-electron chi connectivity index (χ3n) is 4.05. The first-order valence-corrected chi connectivity index (χ1v) is 9.42. The highest BCUT2D eigenvalue weighted by atomic mass is 32.2. The summed E-state index contributed by atoms with van der Waals surface area (Å²) >= 11 is 1.42. The number of hydrogen-bond acceptors (Lipinski definition) is 5. The van der Waals surface area contributed by atoms with Crippen LogP contribution in [0.4, 0.5) is 0 Å². The molecule has 1 aliphatic carbocycles. The molecule has 0 bridgehead atoms. The molecule has 3 rings (SSSR count). The summed E-state index contributed by atoms with van der Waals surface area (Å²) in [4.78, 5) is 3.55. The molecule has 1 saturated heterocycles. The van der Waals surface area contributed by atoms with E-state index in [2.05, 4.69) is 4.90 Å². The van der Waals surface area contributed by atoms with Crippen LogP contribution in [0.25, 0.3) is 0 Å². The molecule has 2 heterocycles. The second-order valence-corrected chi connectivity index (χ2v) is 8.47. The predicted molar refractivity (Wildman–Crippen MR) is 80.1 cm³/mol. The molecule has 5 nitrogen and oxygen atoms in total. The average Bonchev–Trinajstić information content (AvgIpc) is 3.12. The Hall–Kier alpha value is -0.470. The summed E-state index contributed by atoms with van der Waals surface area (Å²) in [5.41, 5.74) is 5.62. The minimum Gasteiger partial charge on any atom is -0.326 e. The van der Waals surface area contributed by atoms with Gasteiger partial charge in [0, 0.05) is 44.1 Å². The van der Waals surface area contributed by atoms with Crippen LogP contribution in [0, 0.1) is 5.92 Å². The van der Waals surface area contributed by atoms with Crippen LogP contribution in [0.3, 0.4) is 0 Å². The van der Waals surface area contributed by atoms with Gasteiger partial charge >= 0.3 is 0 Å². The fourth-order valence-corrected chi connectivity index (χ4v) is 5.39. The Balaban J connectivity index is 1.67. The van der Waals surface area contributed by atoms with E-state index in [0.29, 0.717) is 18.0 Å². The third-order valence-corrected chi connectivity index (χ3v) is 7.11. The fraction of sp³-hybridized carbons (Fsp3) is 0.692. The quantitative estimate of drug-likeness (QED) is 0.877. The first-order valence-electron chi connectivity index (χ1n) is 7.10. The van der Waals surface area contributed by atoms with Crippen LogP contribution in [0.15, 0.2) is 16.3 Å². The van der Waals surface area contributed by atoms with Gasteiger partial charge in [-0.05, 0) is 30.2 Å². The molecule has 20 heavy (non-hydrogen) atoms. The maximum Gasteiger partial charge on any atom is 0.244 e. The lowest BCUT2D eigenvalue weighted by atomic mass is 10.3. The Morgan fingerprint density at radius 3 is 2.55 bits per heavy atom. The van der Waals surface area contributed by atoms with Gasteiger partial charge in [-0.2, -0.15) is 4.31 Å². The van der Waals surface area contributed by atoms with E-state index in [-0.39, 0.29) is 6.54 Å². The monoisotopic (exact) mass is 315 g/mol. The largest absolute Gasteiger partial charge is 0.326 e. The standard InChI is InChI=1S/C13H21N3O2S2/c14-9-12-13(3-8-19-12)20(17,18)16-6-4-15(5-7-16)10-11-1-2-11/h3,8,11H,1-2,4-7,9-10,14H2. The molecule has 0 radical (unpaired) electrons. The first kappa shape index (κ1) is 14.5. The molecule has 2 N–H and O–H groups in total. The number of rotatable bonds is 5. The van der Waals surface area contributed by atoms with Gasteiger partial charge in [0.1, 0.15) is 0 Å². The molecule has 1 aromatic heterocycles. The van der Waals surface area contributed by atoms with E-state index >= 15 is 0 Å². The molecule has 2 aliphatic rings. The SMILES string of the molecule is NCc1sccc1S(=O)(=O)N1CCN(CC2CC2)CC1. The summed E-state index contributed by atoms with van der Waals surface area (Å²) < 4.78 is 26.9. The molecule has 1 saturated carbocycles. The molecule has 0 spiro atoms. The lowest BCUT2D eigenvalue weighted by Crippen LogP contribution is -2.49. The van der Waals surface area contributed by atoms with Crippen LogP contribution < -0.4 is 5.73 Å². The Kier molecular flexibility index (Phi) is 4.14. The summed E-state index contributed by atoms with van der Waals surface area (Å²) in [6.45, 7) is 4.30. The van der Waals surface area contributed by atoms with Crippen molar-refractivity contribution in [3.05, 3.63) is 16.3 Å². The van der Waals surface area contributed by atoms with Gasteiger partial charge in [0.2, 0.25) is 10.0 Å². The van der Waals surface area contributed by atoms with Crippen LogP contribution in [0.1, 0.15) is 17.7 Å². The van der Waals surface area contributed by atoms with E-state index in [0.717, 1.165) is 30.4 Å². The molecule has 0 aromatic carbocycles. The summed E-state index contributed by atoms with van der Waals surface area (Å²) in [5.74, 6) is 0.860. The summed E-state index contributed by atoms with van der Waals surface area (Å²) in [7, 11) is -3.36. The smallest absolute Gasteiger partial charge is 0.244 e. The molecule has 7 heteroatoms. The van der Waals surface area contributed by atoms with Crippen LogP contribution >= 0.6 is 11.3 Å². The third kappa shape index (κ3) is 2.92. The molecule has 112 valence electrons. The van der Waals surface area contributed by atoms with Crippen molar-refractivity contribution in [2.24, 2.45) is 11.7 Å². The second-order valence-electron chi connectivity index (χ2n) is 5.56. The fourth-order valence-electron chi connectivity index (χ4n) is 2.66. The van der Waals surface area contributed by atoms with Crippen LogP contribution in [0.5, 0.6) is 0 Å². The molecule has 2 fully saturated rings. The van der Waals surface area contributed by atoms with Crippen LogP contribution in [-0.2, 0) is 16.6 Å². The maximum atomic E-state index is 12.6. The minimum atomic E-state index is -3.36. The van der Waals surface area contributed by atoms with Crippen molar-refractivity contribution in [3.63, 3.8) is 0 Å². The maximum absolute atomic E-state index is 12.6.